The van der Waals surface area contributed by atoms with Crippen LogP contribution in [-0.4, -0.2) is 34.8 Å². The van der Waals surface area contributed by atoms with Crippen LogP contribution >= 0.6 is 11.6 Å². The molecule has 2 aromatic carbocycles. The zero-order valence-electron chi connectivity index (χ0n) is 17.2. The van der Waals surface area contributed by atoms with E-state index in [-0.39, 0.29) is 5.78 Å². The number of benzene rings is 2. The van der Waals surface area contributed by atoms with Gasteiger partial charge in [0.15, 0.2) is 11.6 Å². The number of carbonyl (C=O) groups is 1. The summed E-state index contributed by atoms with van der Waals surface area (Å²) in [6.07, 6.45) is 2.10. The Morgan fingerprint density at radius 2 is 1.97 bits per heavy atom. The van der Waals surface area contributed by atoms with Crippen molar-refractivity contribution in [1.29, 1.82) is 0 Å². The highest BCUT2D eigenvalue weighted by Crippen LogP contribution is 2.44. The second kappa shape index (κ2) is 7.74. The standard InChI is InChI=1S/C23H21ClN4O3/c1-30-13-10-11-15(19(12-13)31-2)21-20-17(8-5-9-18(20)29)25-23-26-22(27-28(21)23)14-6-3-4-7-16(14)24/h3-4,6-7,10-12,21H,5,8-9H2,1-2H3,(H,25,26,27). The number of fused-ring (bicyclic) bond motifs is 1. The molecule has 31 heavy (non-hydrogen) atoms. The fourth-order valence-corrected chi connectivity index (χ4v) is 4.46. The van der Waals surface area contributed by atoms with E-state index < -0.39 is 6.04 Å². The van der Waals surface area contributed by atoms with Crippen molar-refractivity contribution in [2.45, 2.75) is 25.3 Å². The van der Waals surface area contributed by atoms with E-state index in [1.165, 1.54) is 0 Å². The second-order valence-corrected chi connectivity index (χ2v) is 7.90. The molecule has 1 aromatic heterocycles. The maximum atomic E-state index is 13.0. The fraction of sp³-hybridized carbons (Fsp3) is 0.261. The van der Waals surface area contributed by atoms with Gasteiger partial charge in [-0.05, 0) is 37.1 Å². The van der Waals surface area contributed by atoms with E-state index in [1.54, 1.807) is 25.0 Å². The number of rotatable bonds is 4. The summed E-state index contributed by atoms with van der Waals surface area (Å²) in [6, 6.07) is 12.6. The molecule has 1 aliphatic heterocycles. The number of nitrogens with zero attached hydrogens (tertiary/aromatic N) is 3. The average Bonchev–Trinajstić information content (AvgIpc) is 3.21. The molecular weight excluding hydrogens is 416 g/mol. The molecule has 5 rings (SSSR count). The largest absolute Gasteiger partial charge is 0.497 e. The zero-order chi connectivity index (χ0) is 21.5. The van der Waals surface area contributed by atoms with Crippen molar-refractivity contribution in [2.24, 2.45) is 0 Å². The molecule has 8 heteroatoms. The first kappa shape index (κ1) is 19.6. The molecule has 7 nitrogen and oxygen atoms in total. The molecule has 0 bridgehead atoms. The third-order valence-corrected chi connectivity index (χ3v) is 6.05. The predicted octanol–water partition coefficient (Wildman–Crippen LogP) is 4.64. The Morgan fingerprint density at radius 1 is 1.13 bits per heavy atom. The fourth-order valence-electron chi connectivity index (χ4n) is 4.24. The van der Waals surface area contributed by atoms with E-state index in [4.69, 9.17) is 31.2 Å². The number of Topliss-reactive ketones (excluding diaryl/α,β-unsaturated/α-hetero) is 1. The zero-order valence-corrected chi connectivity index (χ0v) is 17.9. The normalized spacial score (nSPS) is 17.6. The topological polar surface area (TPSA) is 78.3 Å². The van der Waals surface area contributed by atoms with Crippen LogP contribution in [0.2, 0.25) is 5.02 Å². The van der Waals surface area contributed by atoms with Gasteiger partial charge in [-0.15, -0.1) is 5.10 Å². The Bertz CT molecular complexity index is 1220. The van der Waals surface area contributed by atoms with Crippen LogP contribution in [0.5, 0.6) is 11.5 Å². The Labute approximate surface area is 184 Å². The van der Waals surface area contributed by atoms with Gasteiger partial charge in [-0.1, -0.05) is 23.7 Å². The maximum absolute atomic E-state index is 13.0. The molecule has 0 spiro atoms. The van der Waals surface area contributed by atoms with Gasteiger partial charge in [-0.25, -0.2) is 4.68 Å². The third-order valence-electron chi connectivity index (χ3n) is 5.72. The monoisotopic (exact) mass is 436 g/mol. The Kier molecular flexibility index (Phi) is 4.90. The summed E-state index contributed by atoms with van der Waals surface area (Å²) in [5, 5.41) is 8.67. The van der Waals surface area contributed by atoms with Crippen LogP contribution < -0.4 is 14.8 Å². The highest BCUT2D eigenvalue weighted by molar-refractivity contribution is 6.33. The molecule has 1 atom stereocenters. The highest BCUT2D eigenvalue weighted by Gasteiger charge is 2.38. The van der Waals surface area contributed by atoms with E-state index in [1.807, 2.05) is 36.4 Å². The van der Waals surface area contributed by atoms with Crippen molar-refractivity contribution >= 4 is 23.3 Å². The minimum Gasteiger partial charge on any atom is -0.497 e. The molecule has 2 aliphatic rings. The van der Waals surface area contributed by atoms with Gasteiger partial charge in [-0.2, -0.15) is 4.98 Å². The third kappa shape index (κ3) is 3.25. The van der Waals surface area contributed by atoms with Gasteiger partial charge in [0.1, 0.15) is 17.5 Å². The highest BCUT2D eigenvalue weighted by atomic mass is 35.5. The number of ketones is 1. The van der Waals surface area contributed by atoms with Crippen LogP contribution in [0.15, 0.2) is 53.7 Å². The number of allylic oxidation sites excluding steroid dienone is 2. The van der Waals surface area contributed by atoms with Gasteiger partial charge in [0.05, 0.1) is 19.2 Å². The van der Waals surface area contributed by atoms with Gasteiger partial charge in [-0.3, -0.25) is 4.79 Å². The molecule has 158 valence electrons. The quantitative estimate of drug-likeness (QED) is 0.642. The molecule has 1 unspecified atom stereocenters. The van der Waals surface area contributed by atoms with Crippen LogP contribution in [0.1, 0.15) is 30.9 Å². The molecule has 2 heterocycles. The number of hydrogen-bond acceptors (Lipinski definition) is 6. The van der Waals surface area contributed by atoms with Crippen LogP contribution in [0.4, 0.5) is 5.95 Å². The lowest BCUT2D eigenvalue weighted by molar-refractivity contribution is -0.116. The van der Waals surface area contributed by atoms with E-state index in [2.05, 4.69) is 5.32 Å². The Hall–Kier alpha value is -3.32. The first-order valence-electron chi connectivity index (χ1n) is 10.1. The van der Waals surface area contributed by atoms with Gasteiger partial charge >= 0.3 is 0 Å². The molecule has 3 aromatic rings. The van der Waals surface area contributed by atoms with E-state index in [0.29, 0.717) is 40.3 Å². The molecule has 0 amide bonds. The van der Waals surface area contributed by atoms with E-state index >= 15 is 0 Å². The number of carbonyl (C=O) groups excluding carboxylic acids is 1. The molecule has 1 aliphatic carbocycles. The molecule has 0 saturated carbocycles. The lowest BCUT2D eigenvalue weighted by atomic mass is 9.85. The summed E-state index contributed by atoms with van der Waals surface area (Å²) in [4.78, 5) is 17.7. The number of nitrogens with one attached hydrogen (secondary N) is 1. The van der Waals surface area contributed by atoms with Crippen LogP contribution in [0.3, 0.4) is 0 Å². The summed E-state index contributed by atoms with van der Waals surface area (Å²) in [5.74, 6) is 2.48. The lowest BCUT2D eigenvalue weighted by Gasteiger charge is -2.32. The molecule has 0 radical (unpaired) electrons. The van der Waals surface area contributed by atoms with Gasteiger partial charge < -0.3 is 14.8 Å². The number of hydrogen-bond donors (Lipinski definition) is 1. The van der Waals surface area contributed by atoms with E-state index in [0.717, 1.165) is 29.7 Å². The Morgan fingerprint density at radius 3 is 2.74 bits per heavy atom. The number of halogens is 1. The van der Waals surface area contributed by atoms with Crippen molar-refractivity contribution in [3.63, 3.8) is 0 Å². The predicted molar refractivity (Wildman–Crippen MR) is 118 cm³/mol. The summed E-state index contributed by atoms with van der Waals surface area (Å²) in [5.41, 5.74) is 3.16. The van der Waals surface area contributed by atoms with Crippen LogP contribution in [-0.2, 0) is 4.79 Å². The summed E-state index contributed by atoms with van der Waals surface area (Å²) < 4.78 is 12.8. The molecular formula is C23H21ClN4O3. The van der Waals surface area contributed by atoms with Crippen molar-refractivity contribution in [3.05, 3.63) is 64.3 Å². The Balaban J connectivity index is 1.71. The van der Waals surface area contributed by atoms with Crippen LogP contribution in [0, 0.1) is 0 Å². The van der Waals surface area contributed by atoms with Gasteiger partial charge in [0.2, 0.25) is 5.95 Å². The number of aromatic nitrogens is 3. The van der Waals surface area contributed by atoms with Crippen molar-refractivity contribution in [3.8, 4) is 22.9 Å². The number of ether oxygens (including phenoxy) is 2. The van der Waals surface area contributed by atoms with Gasteiger partial charge in [0, 0.05) is 34.9 Å². The number of anilines is 1. The maximum Gasteiger partial charge on any atom is 0.226 e. The minimum atomic E-state index is -0.455. The second-order valence-electron chi connectivity index (χ2n) is 7.49. The first-order valence-corrected chi connectivity index (χ1v) is 10.4. The smallest absolute Gasteiger partial charge is 0.226 e. The average molecular weight is 437 g/mol. The summed E-state index contributed by atoms with van der Waals surface area (Å²) in [6.45, 7) is 0. The van der Waals surface area contributed by atoms with Crippen molar-refractivity contribution in [2.75, 3.05) is 19.5 Å². The van der Waals surface area contributed by atoms with Crippen LogP contribution in [0.25, 0.3) is 11.4 Å². The van der Waals surface area contributed by atoms with Crippen molar-refractivity contribution < 1.29 is 14.3 Å². The first-order chi connectivity index (χ1) is 15.1. The van der Waals surface area contributed by atoms with E-state index in [9.17, 15) is 4.79 Å². The van der Waals surface area contributed by atoms with Crippen molar-refractivity contribution in [1.82, 2.24) is 14.8 Å². The van der Waals surface area contributed by atoms with Gasteiger partial charge in [0.25, 0.3) is 0 Å². The molecule has 0 fully saturated rings. The molecule has 0 saturated heterocycles. The summed E-state index contributed by atoms with van der Waals surface area (Å²) >= 11 is 6.39. The summed E-state index contributed by atoms with van der Waals surface area (Å²) in [7, 11) is 3.21. The SMILES string of the molecule is COc1ccc(C2C3=C(CCCC3=O)Nc3nc(-c4ccccc4Cl)nn32)c(OC)c1. The molecule has 1 N–H and O–H groups in total. The minimum absolute atomic E-state index is 0.108. The lowest BCUT2D eigenvalue weighted by Crippen LogP contribution is -2.31. The number of methoxy groups -OCH3 is 2.